The standard InChI is InChI=1S/C22H26NO8P/c1-29-21(25)19-10-5-9-18(13-19)15-32(27,28)12-6-11-20(24)31-16-23-22(26)30-14-17-7-3-2-4-8-17/h2-5,7-10,13H,6,11-12,14-16H2,1H3,(H,23,26)(H,27,28). The van der Waals surface area contributed by atoms with Gasteiger partial charge in [-0.05, 0) is 29.7 Å². The molecule has 0 bridgehead atoms. The summed E-state index contributed by atoms with van der Waals surface area (Å²) in [5, 5.41) is 2.30. The molecule has 0 heterocycles. The Bertz CT molecular complexity index is 963. The first-order chi connectivity index (χ1) is 15.3. The predicted octanol–water partition coefficient (Wildman–Crippen LogP) is 3.45. The van der Waals surface area contributed by atoms with Gasteiger partial charge in [0.05, 0.1) is 12.7 Å². The van der Waals surface area contributed by atoms with Crippen molar-refractivity contribution in [1.82, 2.24) is 5.32 Å². The monoisotopic (exact) mass is 463 g/mol. The third-order valence-corrected chi connectivity index (χ3v) is 6.20. The lowest BCUT2D eigenvalue weighted by atomic mass is 10.1. The van der Waals surface area contributed by atoms with Crippen LogP contribution in [0.25, 0.3) is 0 Å². The summed E-state index contributed by atoms with van der Waals surface area (Å²) in [4.78, 5) is 45.1. The molecular formula is C22H26NO8P. The maximum absolute atomic E-state index is 12.4. The first kappa shape index (κ1) is 25.1. The number of carbonyl (C=O) groups is 3. The Labute approximate surface area is 186 Å². The number of nitrogens with one attached hydrogen (secondary N) is 1. The quantitative estimate of drug-likeness (QED) is 0.224. The molecular weight excluding hydrogens is 437 g/mol. The highest BCUT2D eigenvalue weighted by atomic mass is 31.2. The lowest BCUT2D eigenvalue weighted by Crippen LogP contribution is -2.28. The molecule has 172 valence electrons. The van der Waals surface area contributed by atoms with Gasteiger partial charge in [-0.15, -0.1) is 0 Å². The van der Waals surface area contributed by atoms with Gasteiger partial charge < -0.3 is 19.1 Å². The largest absolute Gasteiger partial charge is 0.465 e. The van der Waals surface area contributed by atoms with Crippen LogP contribution in [0.1, 0.15) is 34.3 Å². The Morgan fingerprint density at radius 3 is 2.44 bits per heavy atom. The van der Waals surface area contributed by atoms with Gasteiger partial charge in [0, 0.05) is 18.7 Å². The van der Waals surface area contributed by atoms with Crippen molar-refractivity contribution >= 4 is 25.4 Å². The van der Waals surface area contributed by atoms with Gasteiger partial charge in [-0.25, -0.2) is 9.59 Å². The number of rotatable bonds is 11. The summed E-state index contributed by atoms with van der Waals surface area (Å²) >= 11 is 0. The summed E-state index contributed by atoms with van der Waals surface area (Å²) in [6.07, 6.45) is -0.871. The molecule has 0 aliphatic heterocycles. The van der Waals surface area contributed by atoms with Crippen LogP contribution < -0.4 is 5.32 Å². The van der Waals surface area contributed by atoms with Gasteiger partial charge >= 0.3 is 18.0 Å². The minimum absolute atomic E-state index is 0.0759. The van der Waals surface area contributed by atoms with Crippen molar-refractivity contribution < 1.29 is 38.1 Å². The topological polar surface area (TPSA) is 128 Å². The lowest BCUT2D eigenvalue weighted by Gasteiger charge is -2.12. The van der Waals surface area contributed by atoms with Crippen molar-refractivity contribution in [3.63, 3.8) is 0 Å². The van der Waals surface area contributed by atoms with E-state index in [1.54, 1.807) is 18.2 Å². The van der Waals surface area contributed by atoms with Crippen molar-refractivity contribution in [3.05, 3.63) is 71.3 Å². The minimum Gasteiger partial charge on any atom is -0.465 e. The Morgan fingerprint density at radius 1 is 1.00 bits per heavy atom. The first-order valence-corrected chi connectivity index (χ1v) is 11.9. The number of hydrogen-bond donors (Lipinski definition) is 2. The van der Waals surface area contributed by atoms with Crippen LogP contribution in [-0.2, 0) is 36.3 Å². The first-order valence-electron chi connectivity index (χ1n) is 9.87. The van der Waals surface area contributed by atoms with Crippen molar-refractivity contribution in [3.8, 4) is 0 Å². The normalized spacial score (nSPS) is 12.3. The zero-order valence-corrected chi connectivity index (χ0v) is 18.6. The molecule has 0 aliphatic rings. The van der Waals surface area contributed by atoms with E-state index in [4.69, 9.17) is 9.47 Å². The van der Waals surface area contributed by atoms with Crippen LogP contribution in [0.2, 0.25) is 0 Å². The third kappa shape index (κ3) is 9.32. The molecule has 2 N–H and O–H groups in total. The van der Waals surface area contributed by atoms with E-state index in [0.29, 0.717) is 11.1 Å². The number of hydrogen-bond acceptors (Lipinski definition) is 7. The molecule has 1 unspecified atom stereocenters. The SMILES string of the molecule is COC(=O)c1cccc(CP(=O)(O)CCCC(=O)OCNC(=O)OCc2ccccc2)c1. The number of amides is 1. The molecule has 0 radical (unpaired) electrons. The van der Waals surface area contributed by atoms with Gasteiger partial charge in [0.15, 0.2) is 6.73 Å². The molecule has 0 fully saturated rings. The number of benzene rings is 2. The van der Waals surface area contributed by atoms with Gasteiger partial charge in [-0.3, -0.25) is 14.7 Å². The average molecular weight is 463 g/mol. The molecule has 2 aromatic rings. The van der Waals surface area contributed by atoms with Gasteiger partial charge in [0.25, 0.3) is 0 Å². The van der Waals surface area contributed by atoms with Crippen LogP contribution in [0.3, 0.4) is 0 Å². The molecule has 9 nitrogen and oxygen atoms in total. The van der Waals surface area contributed by atoms with Crippen LogP contribution >= 0.6 is 7.37 Å². The fourth-order valence-corrected chi connectivity index (χ4v) is 4.35. The summed E-state index contributed by atoms with van der Waals surface area (Å²) in [5.41, 5.74) is 1.65. The molecule has 2 rings (SSSR count). The molecule has 0 saturated heterocycles. The van der Waals surface area contributed by atoms with Crippen LogP contribution in [-0.4, -0.2) is 42.9 Å². The van der Waals surface area contributed by atoms with Gasteiger partial charge in [-0.1, -0.05) is 42.5 Å². The molecule has 1 atom stereocenters. The van der Waals surface area contributed by atoms with Gasteiger partial charge in [-0.2, -0.15) is 0 Å². The number of carbonyl (C=O) groups excluding carboxylic acids is 3. The smallest absolute Gasteiger partial charge is 0.410 e. The highest BCUT2D eigenvalue weighted by molar-refractivity contribution is 7.57. The predicted molar refractivity (Wildman–Crippen MR) is 116 cm³/mol. The summed E-state index contributed by atoms with van der Waals surface area (Å²) in [7, 11) is -2.30. The molecule has 32 heavy (non-hydrogen) atoms. The zero-order chi connectivity index (χ0) is 23.4. The Kier molecular flexibility index (Phi) is 9.91. The Hall–Kier alpha value is -3.16. The summed E-state index contributed by atoms with van der Waals surface area (Å²) in [5.74, 6) is -1.14. The van der Waals surface area contributed by atoms with E-state index < -0.39 is 25.4 Å². The zero-order valence-electron chi connectivity index (χ0n) is 17.7. The van der Waals surface area contributed by atoms with E-state index in [1.165, 1.54) is 13.2 Å². The second kappa shape index (κ2) is 12.6. The van der Waals surface area contributed by atoms with Crippen molar-refractivity contribution in [2.75, 3.05) is 20.0 Å². The third-order valence-electron chi connectivity index (χ3n) is 4.33. The van der Waals surface area contributed by atoms with Gasteiger partial charge in [0.1, 0.15) is 6.61 Å². The fraction of sp³-hybridized carbons (Fsp3) is 0.318. The highest BCUT2D eigenvalue weighted by Gasteiger charge is 2.20. The second-order valence-electron chi connectivity index (χ2n) is 6.92. The molecule has 1 amide bonds. The average Bonchev–Trinajstić information content (AvgIpc) is 2.77. The maximum Gasteiger partial charge on any atom is 0.410 e. The van der Waals surface area contributed by atoms with E-state index in [1.807, 2.05) is 30.3 Å². The fourth-order valence-electron chi connectivity index (χ4n) is 2.77. The summed E-state index contributed by atoms with van der Waals surface area (Å²) < 4.78 is 26.9. The molecule has 10 heteroatoms. The van der Waals surface area contributed by atoms with Crippen LogP contribution in [0.15, 0.2) is 54.6 Å². The number of ether oxygens (including phenoxy) is 3. The van der Waals surface area contributed by atoms with E-state index in [-0.39, 0.29) is 38.5 Å². The van der Waals surface area contributed by atoms with E-state index in [0.717, 1.165) is 5.56 Å². The maximum atomic E-state index is 12.4. The Morgan fingerprint density at radius 2 is 1.72 bits per heavy atom. The van der Waals surface area contributed by atoms with E-state index in [2.05, 4.69) is 10.1 Å². The number of alkyl carbamates (subject to hydrolysis) is 1. The summed E-state index contributed by atoms with van der Waals surface area (Å²) in [6, 6.07) is 15.4. The molecule has 2 aromatic carbocycles. The van der Waals surface area contributed by atoms with E-state index in [9.17, 15) is 23.8 Å². The van der Waals surface area contributed by atoms with Crippen molar-refractivity contribution in [1.29, 1.82) is 0 Å². The highest BCUT2D eigenvalue weighted by Crippen LogP contribution is 2.45. The number of methoxy groups -OCH3 is 1. The van der Waals surface area contributed by atoms with E-state index >= 15 is 0 Å². The number of esters is 2. The minimum atomic E-state index is -3.56. The van der Waals surface area contributed by atoms with Crippen molar-refractivity contribution in [2.24, 2.45) is 0 Å². The molecule has 0 saturated carbocycles. The molecule has 0 aliphatic carbocycles. The Balaban J connectivity index is 1.64. The van der Waals surface area contributed by atoms with Crippen LogP contribution in [0.4, 0.5) is 4.79 Å². The van der Waals surface area contributed by atoms with Gasteiger partial charge in [0.2, 0.25) is 7.37 Å². The molecule has 0 spiro atoms. The second-order valence-corrected chi connectivity index (χ2v) is 9.38. The van der Waals surface area contributed by atoms with Crippen molar-refractivity contribution in [2.45, 2.75) is 25.6 Å². The van der Waals surface area contributed by atoms with Crippen LogP contribution in [0.5, 0.6) is 0 Å². The summed E-state index contributed by atoms with van der Waals surface area (Å²) in [6.45, 7) is -0.265. The van der Waals surface area contributed by atoms with Crippen LogP contribution in [0, 0.1) is 0 Å². The molecule has 0 aromatic heterocycles. The lowest BCUT2D eigenvalue weighted by molar-refractivity contribution is -0.144.